The minimum Gasteiger partial charge on any atom is -0.495 e. The molecule has 0 saturated carbocycles. The average Bonchev–Trinajstić information content (AvgIpc) is 2.60. The Labute approximate surface area is 157 Å². The molecule has 7 nitrogen and oxygen atoms in total. The standard InChI is InChI=1S/C17H19FN2O5S2/c1-25-16-8-5-13(18)11-17(16)27(23,24)19-14-6-7-15-12(10-14)4-3-9-20(15)26(2,21)22/h5-8,10-11,19H,3-4,9H2,1-2H3. The van der Waals surface area contributed by atoms with Crippen LogP contribution in [-0.2, 0) is 26.5 Å². The zero-order valence-corrected chi connectivity index (χ0v) is 16.4. The molecule has 0 saturated heterocycles. The molecule has 0 amide bonds. The predicted octanol–water partition coefficient (Wildman–Crippen LogP) is 2.35. The molecule has 0 atom stereocenters. The van der Waals surface area contributed by atoms with E-state index in [4.69, 9.17) is 4.74 Å². The summed E-state index contributed by atoms with van der Waals surface area (Å²) >= 11 is 0. The molecule has 0 radical (unpaired) electrons. The van der Waals surface area contributed by atoms with Crippen LogP contribution in [0.4, 0.5) is 15.8 Å². The number of sulfonamides is 2. The molecule has 146 valence electrons. The van der Waals surface area contributed by atoms with E-state index in [1.165, 1.54) is 23.5 Å². The molecule has 27 heavy (non-hydrogen) atoms. The minimum absolute atomic E-state index is 0.0186. The van der Waals surface area contributed by atoms with E-state index in [1.807, 2.05) is 0 Å². The molecule has 1 heterocycles. The summed E-state index contributed by atoms with van der Waals surface area (Å²) in [5.41, 5.74) is 1.52. The summed E-state index contributed by atoms with van der Waals surface area (Å²) in [7, 11) is -6.20. The molecule has 10 heteroatoms. The van der Waals surface area contributed by atoms with E-state index in [-0.39, 0.29) is 16.3 Å². The van der Waals surface area contributed by atoms with Crippen molar-refractivity contribution in [2.45, 2.75) is 17.7 Å². The first-order valence-corrected chi connectivity index (χ1v) is 11.4. The summed E-state index contributed by atoms with van der Waals surface area (Å²) in [5, 5.41) is 0. The molecule has 0 unspecified atom stereocenters. The molecule has 2 aromatic rings. The third-order valence-electron chi connectivity index (χ3n) is 4.22. The Morgan fingerprint density at radius 2 is 1.85 bits per heavy atom. The second kappa shape index (κ2) is 7.01. The molecule has 0 bridgehead atoms. The number of aryl methyl sites for hydroxylation is 1. The third kappa shape index (κ3) is 4.01. The average molecular weight is 414 g/mol. The van der Waals surface area contributed by atoms with Crippen LogP contribution in [0.25, 0.3) is 0 Å². The fraction of sp³-hybridized carbons (Fsp3) is 0.294. The Morgan fingerprint density at radius 1 is 1.11 bits per heavy atom. The SMILES string of the molecule is COc1ccc(F)cc1S(=O)(=O)Nc1ccc2c(c1)CCCN2S(C)(=O)=O. The van der Waals surface area contributed by atoms with E-state index in [0.29, 0.717) is 25.1 Å². The third-order valence-corrected chi connectivity index (χ3v) is 6.81. The van der Waals surface area contributed by atoms with Crippen molar-refractivity contribution in [1.29, 1.82) is 0 Å². The molecule has 1 aliphatic heterocycles. The van der Waals surface area contributed by atoms with Gasteiger partial charge in [-0.15, -0.1) is 0 Å². The summed E-state index contributed by atoms with van der Waals surface area (Å²) in [6.45, 7) is 0.386. The highest BCUT2D eigenvalue weighted by molar-refractivity contribution is 7.93. The van der Waals surface area contributed by atoms with E-state index in [1.54, 1.807) is 12.1 Å². The highest BCUT2D eigenvalue weighted by Crippen LogP contribution is 2.33. The Morgan fingerprint density at radius 3 is 2.52 bits per heavy atom. The highest BCUT2D eigenvalue weighted by Gasteiger charge is 2.25. The van der Waals surface area contributed by atoms with E-state index in [2.05, 4.69) is 4.72 Å². The van der Waals surface area contributed by atoms with Crippen molar-refractivity contribution >= 4 is 31.4 Å². The van der Waals surface area contributed by atoms with E-state index in [0.717, 1.165) is 24.0 Å². The number of halogens is 1. The molecule has 1 aliphatic rings. The number of hydrogen-bond donors (Lipinski definition) is 1. The van der Waals surface area contributed by atoms with E-state index >= 15 is 0 Å². The van der Waals surface area contributed by atoms with Gasteiger partial charge in [-0.2, -0.15) is 0 Å². The number of fused-ring (bicyclic) bond motifs is 1. The lowest BCUT2D eigenvalue weighted by molar-refractivity contribution is 0.401. The second-order valence-corrected chi connectivity index (χ2v) is 9.74. The van der Waals surface area contributed by atoms with Crippen LogP contribution in [0.15, 0.2) is 41.3 Å². The Bertz CT molecular complexity index is 1080. The molecule has 0 aliphatic carbocycles. The molecule has 0 spiro atoms. The predicted molar refractivity (Wildman–Crippen MR) is 101 cm³/mol. The van der Waals surface area contributed by atoms with Gasteiger partial charge in [-0.1, -0.05) is 0 Å². The normalized spacial score (nSPS) is 14.6. The first-order valence-electron chi connectivity index (χ1n) is 8.09. The van der Waals surface area contributed by atoms with Crippen LogP contribution in [0.1, 0.15) is 12.0 Å². The van der Waals surface area contributed by atoms with Crippen molar-refractivity contribution in [3.8, 4) is 5.75 Å². The Balaban J connectivity index is 1.96. The molecule has 2 aromatic carbocycles. The summed E-state index contributed by atoms with van der Waals surface area (Å²) in [6, 6.07) is 7.86. The van der Waals surface area contributed by atoms with Gasteiger partial charge in [-0.3, -0.25) is 9.03 Å². The number of methoxy groups -OCH3 is 1. The van der Waals surface area contributed by atoms with Gasteiger partial charge in [0.05, 0.1) is 19.1 Å². The quantitative estimate of drug-likeness (QED) is 0.811. The zero-order chi connectivity index (χ0) is 19.8. The zero-order valence-electron chi connectivity index (χ0n) is 14.8. The number of ether oxygens (including phenoxy) is 1. The maximum absolute atomic E-state index is 13.5. The summed E-state index contributed by atoms with van der Waals surface area (Å²) in [5.74, 6) is -0.685. The van der Waals surface area contributed by atoms with Gasteiger partial charge >= 0.3 is 0 Å². The van der Waals surface area contributed by atoms with Crippen LogP contribution in [-0.4, -0.2) is 36.7 Å². The monoisotopic (exact) mass is 414 g/mol. The van der Waals surface area contributed by atoms with Gasteiger partial charge in [0.15, 0.2) is 0 Å². The van der Waals surface area contributed by atoms with Crippen LogP contribution in [0.2, 0.25) is 0 Å². The van der Waals surface area contributed by atoms with Crippen LogP contribution in [0.3, 0.4) is 0 Å². The first kappa shape index (κ1) is 19.4. The fourth-order valence-electron chi connectivity index (χ4n) is 3.04. The van der Waals surface area contributed by atoms with Crippen LogP contribution >= 0.6 is 0 Å². The maximum atomic E-state index is 13.5. The van der Waals surface area contributed by atoms with Crippen molar-refractivity contribution in [3.05, 3.63) is 47.8 Å². The van der Waals surface area contributed by atoms with E-state index < -0.39 is 25.9 Å². The lowest BCUT2D eigenvalue weighted by Gasteiger charge is -2.29. The second-order valence-electron chi connectivity index (χ2n) is 6.18. The lowest BCUT2D eigenvalue weighted by atomic mass is 10.0. The number of nitrogens with one attached hydrogen (secondary N) is 1. The topological polar surface area (TPSA) is 92.8 Å². The number of rotatable bonds is 5. The van der Waals surface area contributed by atoms with Gasteiger partial charge in [0.25, 0.3) is 10.0 Å². The van der Waals surface area contributed by atoms with Crippen molar-refractivity contribution in [2.24, 2.45) is 0 Å². The maximum Gasteiger partial charge on any atom is 0.265 e. The number of anilines is 2. The smallest absolute Gasteiger partial charge is 0.265 e. The van der Waals surface area contributed by atoms with Crippen LogP contribution in [0, 0.1) is 5.82 Å². The lowest BCUT2D eigenvalue weighted by Crippen LogP contribution is -2.34. The van der Waals surface area contributed by atoms with Crippen molar-refractivity contribution in [1.82, 2.24) is 0 Å². The van der Waals surface area contributed by atoms with Gasteiger partial charge in [0.2, 0.25) is 10.0 Å². The van der Waals surface area contributed by atoms with Crippen LogP contribution in [0.5, 0.6) is 5.75 Å². The van der Waals surface area contributed by atoms with Gasteiger partial charge in [-0.25, -0.2) is 21.2 Å². The fourth-order valence-corrected chi connectivity index (χ4v) is 5.27. The van der Waals surface area contributed by atoms with Crippen molar-refractivity contribution in [2.75, 3.05) is 28.9 Å². The van der Waals surface area contributed by atoms with Gasteiger partial charge in [0, 0.05) is 12.2 Å². The Hall–Kier alpha value is -2.33. The first-order chi connectivity index (χ1) is 12.6. The summed E-state index contributed by atoms with van der Waals surface area (Å²) < 4.78 is 71.4. The van der Waals surface area contributed by atoms with E-state index in [9.17, 15) is 21.2 Å². The number of nitrogens with zero attached hydrogens (tertiary/aromatic N) is 1. The van der Waals surface area contributed by atoms with Gasteiger partial charge < -0.3 is 4.74 Å². The highest BCUT2D eigenvalue weighted by atomic mass is 32.2. The molecule has 3 rings (SSSR count). The van der Waals surface area contributed by atoms with Crippen LogP contribution < -0.4 is 13.8 Å². The molecular weight excluding hydrogens is 395 g/mol. The molecule has 0 fully saturated rings. The minimum atomic E-state index is -4.09. The largest absolute Gasteiger partial charge is 0.495 e. The molecular formula is C17H19FN2O5S2. The van der Waals surface area contributed by atoms with Crippen molar-refractivity contribution < 1.29 is 26.0 Å². The summed E-state index contributed by atoms with van der Waals surface area (Å²) in [6.07, 6.45) is 2.39. The molecule has 0 aromatic heterocycles. The van der Waals surface area contributed by atoms with Gasteiger partial charge in [-0.05, 0) is 54.8 Å². The Kier molecular flexibility index (Phi) is 5.04. The number of benzene rings is 2. The summed E-state index contributed by atoms with van der Waals surface area (Å²) in [4.78, 5) is -0.319. The van der Waals surface area contributed by atoms with Gasteiger partial charge in [0.1, 0.15) is 16.5 Å². The molecule has 1 N–H and O–H groups in total. The van der Waals surface area contributed by atoms with Crippen molar-refractivity contribution in [3.63, 3.8) is 0 Å². The number of hydrogen-bond acceptors (Lipinski definition) is 5.